The number of nitrogens with zero attached hydrogens (tertiary/aromatic N) is 4. The summed E-state index contributed by atoms with van der Waals surface area (Å²) in [6.07, 6.45) is 5.91. The highest BCUT2D eigenvalue weighted by Gasteiger charge is 2.36. The third-order valence-electron chi connectivity index (χ3n) is 3.34. The van der Waals surface area contributed by atoms with Crippen LogP contribution >= 0.6 is 11.6 Å². The molecule has 2 amide bonds. The van der Waals surface area contributed by atoms with Gasteiger partial charge in [0.25, 0.3) is 5.91 Å². The molecule has 0 aromatic carbocycles. The van der Waals surface area contributed by atoms with Crippen LogP contribution in [0, 0.1) is 5.92 Å². The van der Waals surface area contributed by atoms with Crippen LogP contribution in [-0.2, 0) is 4.79 Å². The van der Waals surface area contributed by atoms with Crippen molar-refractivity contribution in [2.45, 2.75) is 0 Å². The first-order valence-electron chi connectivity index (χ1n) is 6.62. The molecule has 0 saturated carbocycles. The fourth-order valence-corrected chi connectivity index (χ4v) is 2.26. The minimum Gasteiger partial charge on any atom is -0.336 e. The summed E-state index contributed by atoms with van der Waals surface area (Å²) in [7, 11) is 0. The number of hydrogen-bond acceptors (Lipinski definition) is 5. The summed E-state index contributed by atoms with van der Waals surface area (Å²) in [5.41, 5.74) is 0.740. The Morgan fingerprint density at radius 1 is 1.23 bits per heavy atom. The molecule has 3 heterocycles. The van der Waals surface area contributed by atoms with Crippen LogP contribution in [0.4, 0.5) is 5.69 Å². The molecule has 3 rings (SSSR count). The molecule has 1 aliphatic rings. The highest BCUT2D eigenvalue weighted by atomic mass is 35.5. The van der Waals surface area contributed by atoms with Crippen LogP contribution in [0.1, 0.15) is 10.5 Å². The normalized spacial score (nSPS) is 14.3. The molecule has 1 aliphatic heterocycles. The number of halogens is 1. The molecule has 0 radical (unpaired) electrons. The SMILES string of the molecule is O=C(Nc1cccnc1Cl)C1CN(C(=O)c2cnccn2)C1. The average Bonchev–Trinajstić information content (AvgIpc) is 2.49. The summed E-state index contributed by atoms with van der Waals surface area (Å²) in [4.78, 5) is 37.4. The van der Waals surface area contributed by atoms with Crippen molar-refractivity contribution in [2.75, 3.05) is 18.4 Å². The van der Waals surface area contributed by atoms with E-state index in [4.69, 9.17) is 11.6 Å². The van der Waals surface area contributed by atoms with E-state index in [1.807, 2.05) is 0 Å². The quantitative estimate of drug-likeness (QED) is 0.860. The number of hydrogen-bond donors (Lipinski definition) is 1. The molecule has 0 spiro atoms. The van der Waals surface area contributed by atoms with Gasteiger partial charge in [0, 0.05) is 31.7 Å². The van der Waals surface area contributed by atoms with Gasteiger partial charge in [-0.2, -0.15) is 0 Å². The van der Waals surface area contributed by atoms with Gasteiger partial charge in [0.2, 0.25) is 5.91 Å². The second kappa shape index (κ2) is 6.07. The van der Waals surface area contributed by atoms with Gasteiger partial charge in [-0.3, -0.25) is 14.6 Å². The maximum absolute atomic E-state index is 12.1. The van der Waals surface area contributed by atoms with Crippen molar-refractivity contribution in [3.63, 3.8) is 0 Å². The van der Waals surface area contributed by atoms with Crippen LogP contribution in [0.25, 0.3) is 0 Å². The van der Waals surface area contributed by atoms with E-state index in [2.05, 4.69) is 20.3 Å². The Kier molecular flexibility index (Phi) is 3.97. The zero-order valence-electron chi connectivity index (χ0n) is 11.4. The number of likely N-dealkylation sites (tertiary alicyclic amines) is 1. The van der Waals surface area contributed by atoms with E-state index in [-0.39, 0.29) is 28.6 Å². The summed E-state index contributed by atoms with van der Waals surface area (Å²) in [5, 5.41) is 2.95. The minimum atomic E-state index is -0.267. The van der Waals surface area contributed by atoms with Gasteiger partial charge in [-0.1, -0.05) is 11.6 Å². The largest absolute Gasteiger partial charge is 0.336 e. The lowest BCUT2D eigenvalue weighted by molar-refractivity contribution is -0.123. The van der Waals surface area contributed by atoms with E-state index < -0.39 is 0 Å². The zero-order chi connectivity index (χ0) is 15.5. The van der Waals surface area contributed by atoms with Crippen molar-refractivity contribution in [2.24, 2.45) is 5.92 Å². The summed E-state index contributed by atoms with van der Waals surface area (Å²) in [6.45, 7) is 0.693. The smallest absolute Gasteiger partial charge is 0.274 e. The molecule has 0 unspecified atom stereocenters. The van der Waals surface area contributed by atoms with Crippen molar-refractivity contribution in [3.05, 3.63) is 47.8 Å². The fraction of sp³-hybridized carbons (Fsp3) is 0.214. The van der Waals surface area contributed by atoms with E-state index in [9.17, 15) is 9.59 Å². The predicted octanol–water partition coefficient (Wildman–Crippen LogP) is 1.24. The van der Waals surface area contributed by atoms with Gasteiger partial charge in [0.15, 0.2) is 5.15 Å². The second-order valence-electron chi connectivity index (χ2n) is 4.83. The molecule has 2 aromatic heterocycles. The van der Waals surface area contributed by atoms with Crippen LogP contribution in [0.2, 0.25) is 5.15 Å². The van der Waals surface area contributed by atoms with Crippen molar-refractivity contribution in [1.82, 2.24) is 19.9 Å². The van der Waals surface area contributed by atoms with E-state index in [1.165, 1.54) is 18.6 Å². The van der Waals surface area contributed by atoms with E-state index in [0.717, 1.165) is 0 Å². The predicted molar refractivity (Wildman–Crippen MR) is 79.3 cm³/mol. The second-order valence-corrected chi connectivity index (χ2v) is 5.19. The molecule has 1 fully saturated rings. The Bertz CT molecular complexity index is 703. The van der Waals surface area contributed by atoms with Crippen LogP contribution in [0.15, 0.2) is 36.9 Å². The highest BCUT2D eigenvalue weighted by Crippen LogP contribution is 2.22. The van der Waals surface area contributed by atoms with E-state index >= 15 is 0 Å². The number of amides is 2. The lowest BCUT2D eigenvalue weighted by atomic mass is 9.98. The van der Waals surface area contributed by atoms with Gasteiger partial charge >= 0.3 is 0 Å². The molecule has 0 atom stereocenters. The number of pyridine rings is 1. The van der Waals surface area contributed by atoms with E-state index in [1.54, 1.807) is 23.2 Å². The van der Waals surface area contributed by atoms with Crippen molar-refractivity contribution in [1.29, 1.82) is 0 Å². The van der Waals surface area contributed by atoms with Crippen molar-refractivity contribution >= 4 is 29.1 Å². The molecular formula is C14H12ClN5O2. The third kappa shape index (κ3) is 2.89. The standard InChI is InChI=1S/C14H12ClN5O2/c15-12-10(2-1-3-18-12)19-13(21)9-7-20(8-9)14(22)11-6-16-4-5-17-11/h1-6,9H,7-8H2,(H,19,21). The maximum Gasteiger partial charge on any atom is 0.274 e. The molecule has 22 heavy (non-hydrogen) atoms. The molecule has 1 saturated heterocycles. The van der Waals surface area contributed by atoms with Crippen LogP contribution in [-0.4, -0.2) is 44.8 Å². The fourth-order valence-electron chi connectivity index (χ4n) is 2.10. The molecule has 0 aliphatic carbocycles. The Labute approximate surface area is 131 Å². The van der Waals surface area contributed by atoms with Crippen molar-refractivity contribution in [3.8, 4) is 0 Å². The molecule has 2 aromatic rings. The lowest BCUT2D eigenvalue weighted by Gasteiger charge is -2.37. The molecule has 8 heteroatoms. The molecule has 0 bridgehead atoms. The first-order chi connectivity index (χ1) is 10.6. The number of carbonyl (C=O) groups excluding carboxylic acids is 2. The number of aromatic nitrogens is 3. The zero-order valence-corrected chi connectivity index (χ0v) is 12.2. The van der Waals surface area contributed by atoms with Gasteiger partial charge in [-0.25, -0.2) is 9.97 Å². The molecule has 7 nitrogen and oxygen atoms in total. The summed E-state index contributed by atoms with van der Waals surface area (Å²) in [5.74, 6) is -0.674. The maximum atomic E-state index is 12.1. The Morgan fingerprint density at radius 2 is 2.05 bits per heavy atom. The monoisotopic (exact) mass is 317 g/mol. The van der Waals surface area contributed by atoms with Crippen LogP contribution < -0.4 is 5.32 Å². The minimum absolute atomic E-state index is 0.182. The summed E-state index contributed by atoms with van der Waals surface area (Å²) < 4.78 is 0. The molecular weight excluding hydrogens is 306 g/mol. The Morgan fingerprint density at radius 3 is 2.73 bits per heavy atom. The Balaban J connectivity index is 1.56. The molecule has 1 N–H and O–H groups in total. The first kappa shape index (κ1) is 14.4. The number of anilines is 1. The Hall–Kier alpha value is -2.54. The van der Waals surface area contributed by atoms with Gasteiger partial charge in [0.05, 0.1) is 17.8 Å². The van der Waals surface area contributed by atoms with E-state index in [0.29, 0.717) is 18.8 Å². The summed E-state index contributed by atoms with van der Waals surface area (Å²) >= 11 is 5.89. The highest BCUT2D eigenvalue weighted by molar-refractivity contribution is 6.32. The third-order valence-corrected chi connectivity index (χ3v) is 3.64. The van der Waals surface area contributed by atoms with Crippen LogP contribution in [0.3, 0.4) is 0 Å². The topological polar surface area (TPSA) is 88.1 Å². The molecule has 112 valence electrons. The van der Waals surface area contributed by atoms with Crippen molar-refractivity contribution < 1.29 is 9.59 Å². The number of rotatable bonds is 3. The van der Waals surface area contributed by atoms with Gasteiger partial charge in [-0.05, 0) is 12.1 Å². The van der Waals surface area contributed by atoms with Gasteiger partial charge in [-0.15, -0.1) is 0 Å². The average molecular weight is 318 g/mol. The number of nitrogens with one attached hydrogen (secondary N) is 1. The van der Waals surface area contributed by atoms with Gasteiger partial charge < -0.3 is 10.2 Å². The first-order valence-corrected chi connectivity index (χ1v) is 6.99. The van der Waals surface area contributed by atoms with Gasteiger partial charge in [0.1, 0.15) is 5.69 Å². The summed E-state index contributed by atoms with van der Waals surface area (Å²) in [6, 6.07) is 3.36. The number of carbonyl (C=O) groups is 2. The van der Waals surface area contributed by atoms with Crippen LogP contribution in [0.5, 0.6) is 0 Å². The lowest BCUT2D eigenvalue weighted by Crippen LogP contribution is -2.54.